The Morgan fingerprint density at radius 2 is 2.25 bits per heavy atom. The molecule has 0 saturated heterocycles. The van der Waals surface area contributed by atoms with E-state index >= 15 is 0 Å². The monoisotopic (exact) mass is 228 g/mol. The fourth-order valence-electron chi connectivity index (χ4n) is 1.13. The zero-order chi connectivity index (χ0) is 9.14. The molecule has 3 heteroatoms. The molecule has 66 valence electrons. The molecule has 0 atom stereocenters. The van der Waals surface area contributed by atoms with E-state index in [9.17, 15) is 0 Å². The zero-order valence-electron chi connectivity index (χ0n) is 7.39. The van der Waals surface area contributed by atoms with Gasteiger partial charge in [0, 0.05) is 0 Å². The summed E-state index contributed by atoms with van der Waals surface area (Å²) in [6, 6.07) is 1.94. The number of halogens is 1. The molecule has 1 rings (SSSR count). The summed E-state index contributed by atoms with van der Waals surface area (Å²) >= 11 is 3.35. The first-order valence-electron chi connectivity index (χ1n) is 4.06. The van der Waals surface area contributed by atoms with Gasteiger partial charge in [0.1, 0.15) is 4.60 Å². The first kappa shape index (κ1) is 9.52. The largest absolute Gasteiger partial charge is 0.397 e. The van der Waals surface area contributed by atoms with Gasteiger partial charge in [0.15, 0.2) is 0 Å². The lowest BCUT2D eigenvalue weighted by Gasteiger charge is -2.06. The number of pyridine rings is 1. The van der Waals surface area contributed by atoms with E-state index < -0.39 is 0 Å². The van der Waals surface area contributed by atoms with Crippen LogP contribution in [0.5, 0.6) is 0 Å². The highest BCUT2D eigenvalue weighted by atomic mass is 79.9. The predicted molar refractivity (Wildman–Crippen MR) is 55.1 cm³/mol. The van der Waals surface area contributed by atoms with Crippen LogP contribution in [0.25, 0.3) is 0 Å². The topological polar surface area (TPSA) is 38.9 Å². The molecule has 0 fully saturated rings. The molecule has 0 aliphatic rings. The third kappa shape index (κ3) is 1.97. The molecular formula is C9H13BrN2. The van der Waals surface area contributed by atoms with Gasteiger partial charge in [0.2, 0.25) is 0 Å². The van der Waals surface area contributed by atoms with Gasteiger partial charge in [0.05, 0.1) is 11.4 Å². The number of hydrogen-bond acceptors (Lipinski definition) is 2. The van der Waals surface area contributed by atoms with E-state index in [2.05, 4.69) is 27.8 Å². The van der Waals surface area contributed by atoms with Crippen molar-refractivity contribution >= 4 is 21.6 Å². The van der Waals surface area contributed by atoms with Crippen molar-refractivity contribution in [3.8, 4) is 0 Å². The molecule has 12 heavy (non-hydrogen) atoms. The van der Waals surface area contributed by atoms with Crippen LogP contribution >= 0.6 is 15.9 Å². The number of rotatable bonds is 2. The Morgan fingerprint density at radius 3 is 2.83 bits per heavy atom. The van der Waals surface area contributed by atoms with Crippen LogP contribution in [0.1, 0.15) is 24.6 Å². The van der Waals surface area contributed by atoms with Crippen LogP contribution in [-0.4, -0.2) is 4.98 Å². The Balaban J connectivity index is 3.09. The van der Waals surface area contributed by atoms with Crippen LogP contribution in [0.2, 0.25) is 0 Å². The van der Waals surface area contributed by atoms with Gasteiger partial charge in [-0.1, -0.05) is 13.3 Å². The van der Waals surface area contributed by atoms with Crippen molar-refractivity contribution < 1.29 is 0 Å². The second kappa shape index (κ2) is 3.90. The quantitative estimate of drug-likeness (QED) is 0.792. The molecular weight excluding hydrogens is 216 g/mol. The van der Waals surface area contributed by atoms with E-state index in [4.69, 9.17) is 5.73 Å². The van der Waals surface area contributed by atoms with Gasteiger partial charge in [-0.2, -0.15) is 0 Å². The number of aryl methyl sites for hydroxylation is 2. The number of aromatic nitrogens is 1. The van der Waals surface area contributed by atoms with Gasteiger partial charge in [-0.3, -0.25) is 0 Å². The maximum atomic E-state index is 5.85. The van der Waals surface area contributed by atoms with E-state index in [0.29, 0.717) is 0 Å². The van der Waals surface area contributed by atoms with E-state index in [1.54, 1.807) is 0 Å². The van der Waals surface area contributed by atoms with Crippen LogP contribution < -0.4 is 5.73 Å². The molecule has 2 nitrogen and oxygen atoms in total. The molecule has 1 heterocycles. The van der Waals surface area contributed by atoms with Crippen molar-refractivity contribution in [2.75, 3.05) is 5.73 Å². The Labute approximate surface area is 81.3 Å². The molecule has 2 N–H and O–H groups in total. The smallest absolute Gasteiger partial charge is 0.106 e. The van der Waals surface area contributed by atoms with Crippen molar-refractivity contribution in [2.24, 2.45) is 0 Å². The van der Waals surface area contributed by atoms with Crippen LogP contribution in [0.3, 0.4) is 0 Å². The van der Waals surface area contributed by atoms with Gasteiger partial charge in [-0.15, -0.1) is 0 Å². The maximum absolute atomic E-state index is 5.85. The van der Waals surface area contributed by atoms with Gasteiger partial charge in [-0.05, 0) is 40.9 Å². The normalized spacial score (nSPS) is 10.2. The van der Waals surface area contributed by atoms with Gasteiger partial charge < -0.3 is 5.73 Å². The highest BCUT2D eigenvalue weighted by Crippen LogP contribution is 2.20. The SMILES string of the molecule is CCCc1nc(Br)cc(C)c1N. The Kier molecular flexibility index (Phi) is 3.09. The highest BCUT2D eigenvalue weighted by molar-refractivity contribution is 9.10. The lowest BCUT2D eigenvalue weighted by Crippen LogP contribution is -2.00. The molecule has 0 bridgehead atoms. The number of nitrogens with zero attached hydrogens (tertiary/aromatic N) is 1. The summed E-state index contributed by atoms with van der Waals surface area (Å²) in [7, 11) is 0. The molecule has 0 aliphatic carbocycles. The van der Waals surface area contributed by atoms with Gasteiger partial charge in [0.25, 0.3) is 0 Å². The third-order valence-corrected chi connectivity index (χ3v) is 2.21. The minimum absolute atomic E-state index is 0.833. The predicted octanol–water partition coefficient (Wildman–Crippen LogP) is 2.69. The summed E-state index contributed by atoms with van der Waals surface area (Å²) in [5.74, 6) is 0. The average Bonchev–Trinajstić information content (AvgIpc) is 2.00. The summed E-state index contributed by atoms with van der Waals surface area (Å²) in [6.45, 7) is 4.12. The first-order valence-corrected chi connectivity index (χ1v) is 4.86. The van der Waals surface area contributed by atoms with Crippen LogP contribution in [0.4, 0.5) is 5.69 Å². The summed E-state index contributed by atoms with van der Waals surface area (Å²) in [5, 5.41) is 0. The molecule has 0 amide bonds. The molecule has 0 radical (unpaired) electrons. The van der Waals surface area contributed by atoms with Crippen molar-refractivity contribution in [3.63, 3.8) is 0 Å². The van der Waals surface area contributed by atoms with Gasteiger partial charge in [-0.25, -0.2) is 4.98 Å². The minimum Gasteiger partial charge on any atom is -0.397 e. The molecule has 0 aromatic carbocycles. The summed E-state index contributed by atoms with van der Waals surface area (Å²) < 4.78 is 0.873. The Morgan fingerprint density at radius 1 is 1.58 bits per heavy atom. The second-order valence-electron chi connectivity index (χ2n) is 2.87. The van der Waals surface area contributed by atoms with E-state index in [-0.39, 0.29) is 0 Å². The lowest BCUT2D eigenvalue weighted by atomic mass is 10.1. The van der Waals surface area contributed by atoms with Crippen molar-refractivity contribution in [1.29, 1.82) is 0 Å². The third-order valence-electron chi connectivity index (χ3n) is 1.80. The molecule has 0 aliphatic heterocycles. The molecule has 0 spiro atoms. The number of nitrogens with two attached hydrogens (primary N) is 1. The molecule has 0 unspecified atom stereocenters. The van der Waals surface area contributed by atoms with Crippen LogP contribution in [0.15, 0.2) is 10.7 Å². The van der Waals surface area contributed by atoms with Crippen molar-refractivity contribution in [2.45, 2.75) is 26.7 Å². The first-order chi connectivity index (χ1) is 5.65. The molecule has 1 aromatic rings. The van der Waals surface area contributed by atoms with Gasteiger partial charge >= 0.3 is 0 Å². The Hall–Kier alpha value is -0.570. The summed E-state index contributed by atoms with van der Waals surface area (Å²) in [5.41, 5.74) is 8.79. The average molecular weight is 229 g/mol. The Bertz CT molecular complexity index is 284. The maximum Gasteiger partial charge on any atom is 0.106 e. The van der Waals surface area contributed by atoms with E-state index in [0.717, 1.165) is 34.4 Å². The highest BCUT2D eigenvalue weighted by Gasteiger charge is 2.04. The van der Waals surface area contributed by atoms with Crippen LogP contribution in [-0.2, 0) is 6.42 Å². The number of hydrogen-bond donors (Lipinski definition) is 1. The van der Waals surface area contributed by atoms with Crippen molar-refractivity contribution in [3.05, 3.63) is 21.9 Å². The minimum atomic E-state index is 0.833. The summed E-state index contributed by atoms with van der Waals surface area (Å²) in [4.78, 5) is 4.31. The molecule has 0 saturated carbocycles. The van der Waals surface area contributed by atoms with E-state index in [1.807, 2.05) is 13.0 Å². The van der Waals surface area contributed by atoms with Crippen LogP contribution in [0, 0.1) is 6.92 Å². The van der Waals surface area contributed by atoms with E-state index in [1.165, 1.54) is 0 Å². The second-order valence-corrected chi connectivity index (χ2v) is 3.68. The number of anilines is 1. The number of nitrogen functional groups attached to an aromatic ring is 1. The summed E-state index contributed by atoms with van der Waals surface area (Å²) in [6.07, 6.45) is 2.03. The molecule has 1 aromatic heterocycles. The standard InChI is InChI=1S/C9H13BrN2/c1-3-4-7-9(11)6(2)5-8(10)12-7/h5H,3-4,11H2,1-2H3. The fraction of sp³-hybridized carbons (Fsp3) is 0.444. The lowest BCUT2D eigenvalue weighted by molar-refractivity contribution is 0.879. The van der Waals surface area contributed by atoms with Crippen molar-refractivity contribution in [1.82, 2.24) is 4.98 Å². The fourth-order valence-corrected chi connectivity index (χ4v) is 1.69. The zero-order valence-corrected chi connectivity index (χ0v) is 8.98.